The summed E-state index contributed by atoms with van der Waals surface area (Å²) in [5, 5.41) is 19.5. The van der Waals surface area contributed by atoms with E-state index in [9.17, 15) is 5.11 Å². The Morgan fingerprint density at radius 1 is 1.31 bits per heavy atom. The summed E-state index contributed by atoms with van der Waals surface area (Å²) in [6, 6.07) is 8.66. The van der Waals surface area contributed by atoms with Crippen molar-refractivity contribution in [2.24, 2.45) is 0 Å². The van der Waals surface area contributed by atoms with Crippen LogP contribution >= 0.6 is 0 Å². The summed E-state index contributed by atoms with van der Waals surface area (Å²) in [6.07, 6.45) is 1.58. The third kappa shape index (κ3) is 1.18. The Morgan fingerprint density at radius 2 is 2.15 bits per heavy atom. The molecule has 0 spiro atoms. The van der Waals surface area contributed by atoms with Crippen LogP contribution in [0.2, 0.25) is 0 Å². The zero-order valence-corrected chi connectivity index (χ0v) is 6.73. The van der Waals surface area contributed by atoms with E-state index < -0.39 is 0 Å². The second-order valence-electron chi connectivity index (χ2n) is 2.68. The first-order valence-corrected chi connectivity index (χ1v) is 3.79. The molecule has 1 aromatic carbocycles. The molecule has 1 aromatic heterocycles. The monoisotopic (exact) mass is 170 g/mol. The number of rotatable bonds is 0. The number of aromatic nitrogens is 1. The summed E-state index contributed by atoms with van der Waals surface area (Å²) in [7, 11) is 0. The molecule has 62 valence electrons. The van der Waals surface area contributed by atoms with Crippen LogP contribution < -0.4 is 0 Å². The highest BCUT2D eigenvalue weighted by Gasteiger charge is 2.01. The van der Waals surface area contributed by atoms with Crippen LogP contribution in [0.4, 0.5) is 0 Å². The largest absolute Gasteiger partial charge is 0.508 e. The highest BCUT2D eigenvalue weighted by molar-refractivity contribution is 5.87. The van der Waals surface area contributed by atoms with E-state index in [1.54, 1.807) is 30.5 Å². The Labute approximate surface area is 74.9 Å². The third-order valence-corrected chi connectivity index (χ3v) is 1.86. The van der Waals surface area contributed by atoms with Crippen molar-refractivity contribution in [3.63, 3.8) is 0 Å². The molecule has 0 amide bonds. The van der Waals surface area contributed by atoms with E-state index in [2.05, 4.69) is 4.98 Å². The highest BCUT2D eigenvalue weighted by Crippen LogP contribution is 2.21. The maximum absolute atomic E-state index is 9.21. The predicted octanol–water partition coefficient (Wildman–Crippen LogP) is 1.81. The van der Waals surface area contributed by atoms with E-state index in [0.717, 1.165) is 5.39 Å². The van der Waals surface area contributed by atoms with Gasteiger partial charge in [-0.2, -0.15) is 5.26 Å². The van der Waals surface area contributed by atoms with Gasteiger partial charge in [0, 0.05) is 11.6 Å². The molecule has 3 heteroatoms. The molecule has 13 heavy (non-hydrogen) atoms. The standard InChI is InChI=1S/C10H6N2O/c11-6-10-9-5-8(13)2-1-7(9)3-4-12-10/h1-5,13H. The molecule has 0 unspecified atom stereocenters. The molecule has 2 rings (SSSR count). The number of aromatic hydroxyl groups is 1. The van der Waals surface area contributed by atoms with Gasteiger partial charge in [0.1, 0.15) is 17.5 Å². The summed E-state index contributed by atoms with van der Waals surface area (Å²) in [4.78, 5) is 3.89. The average Bonchev–Trinajstić information content (AvgIpc) is 2.17. The normalized spacial score (nSPS) is 9.77. The molecule has 2 aromatic rings. The van der Waals surface area contributed by atoms with Crippen LogP contribution in [0.3, 0.4) is 0 Å². The van der Waals surface area contributed by atoms with Gasteiger partial charge >= 0.3 is 0 Å². The quantitative estimate of drug-likeness (QED) is 0.656. The van der Waals surface area contributed by atoms with Crippen LogP contribution in [0.15, 0.2) is 30.5 Å². The van der Waals surface area contributed by atoms with Gasteiger partial charge in [-0.25, -0.2) is 4.98 Å². The number of hydrogen-bond donors (Lipinski definition) is 1. The molecule has 0 fully saturated rings. The minimum atomic E-state index is 0.150. The van der Waals surface area contributed by atoms with Crippen molar-refractivity contribution in [1.29, 1.82) is 5.26 Å². The second kappa shape index (κ2) is 2.76. The molecule has 0 saturated carbocycles. The van der Waals surface area contributed by atoms with Crippen LogP contribution in [0, 0.1) is 11.3 Å². The van der Waals surface area contributed by atoms with E-state index in [1.165, 1.54) is 0 Å². The number of fused-ring (bicyclic) bond motifs is 1. The van der Waals surface area contributed by atoms with Gasteiger partial charge in [-0.05, 0) is 23.6 Å². The number of phenolic OH excluding ortho intramolecular Hbond substituents is 1. The lowest BCUT2D eigenvalue weighted by Gasteiger charge is -1.98. The molecule has 1 heterocycles. The number of nitrogens with zero attached hydrogens (tertiary/aromatic N) is 2. The number of phenols is 1. The lowest BCUT2D eigenvalue weighted by atomic mass is 10.1. The highest BCUT2D eigenvalue weighted by atomic mass is 16.3. The molecule has 0 aliphatic rings. The molecule has 0 aliphatic carbocycles. The van der Waals surface area contributed by atoms with Gasteiger partial charge in [0.15, 0.2) is 0 Å². The maximum atomic E-state index is 9.21. The van der Waals surface area contributed by atoms with Gasteiger partial charge in [-0.15, -0.1) is 0 Å². The van der Waals surface area contributed by atoms with Gasteiger partial charge < -0.3 is 5.11 Å². The second-order valence-corrected chi connectivity index (χ2v) is 2.68. The lowest BCUT2D eigenvalue weighted by Crippen LogP contribution is -1.83. The maximum Gasteiger partial charge on any atom is 0.148 e. The zero-order valence-electron chi connectivity index (χ0n) is 6.73. The Bertz CT molecular complexity index is 500. The Kier molecular flexibility index (Phi) is 1.60. The summed E-state index contributed by atoms with van der Waals surface area (Å²) in [6.45, 7) is 0. The van der Waals surface area contributed by atoms with Gasteiger partial charge in [0.05, 0.1) is 0 Å². The molecular weight excluding hydrogens is 164 g/mol. The smallest absolute Gasteiger partial charge is 0.148 e. The lowest BCUT2D eigenvalue weighted by molar-refractivity contribution is 0.476. The van der Waals surface area contributed by atoms with Gasteiger partial charge in [0.25, 0.3) is 0 Å². The van der Waals surface area contributed by atoms with Crippen molar-refractivity contribution in [3.8, 4) is 11.8 Å². The van der Waals surface area contributed by atoms with Crippen LogP contribution in [-0.2, 0) is 0 Å². The molecule has 0 radical (unpaired) electrons. The summed E-state index contributed by atoms with van der Waals surface area (Å²) in [5.41, 5.74) is 0.341. The van der Waals surface area contributed by atoms with Gasteiger partial charge in [-0.3, -0.25) is 0 Å². The Morgan fingerprint density at radius 3 is 2.92 bits per heavy atom. The fraction of sp³-hybridized carbons (Fsp3) is 0. The van der Waals surface area contributed by atoms with Crippen molar-refractivity contribution in [1.82, 2.24) is 4.98 Å². The van der Waals surface area contributed by atoms with E-state index in [0.29, 0.717) is 11.1 Å². The van der Waals surface area contributed by atoms with E-state index in [4.69, 9.17) is 5.26 Å². The van der Waals surface area contributed by atoms with Crippen molar-refractivity contribution in [3.05, 3.63) is 36.2 Å². The van der Waals surface area contributed by atoms with E-state index in [-0.39, 0.29) is 5.75 Å². The fourth-order valence-corrected chi connectivity index (χ4v) is 1.25. The SMILES string of the molecule is N#Cc1nccc2ccc(O)cc12. The van der Waals surface area contributed by atoms with Crippen LogP contribution in [0.25, 0.3) is 10.8 Å². The minimum absolute atomic E-state index is 0.150. The molecule has 0 saturated heterocycles. The molecule has 0 atom stereocenters. The first-order valence-electron chi connectivity index (χ1n) is 3.79. The predicted molar refractivity (Wildman–Crippen MR) is 48.1 cm³/mol. The Hall–Kier alpha value is -2.08. The summed E-state index contributed by atoms with van der Waals surface area (Å²) >= 11 is 0. The first kappa shape index (κ1) is 7.56. The van der Waals surface area contributed by atoms with E-state index >= 15 is 0 Å². The van der Waals surface area contributed by atoms with Crippen molar-refractivity contribution < 1.29 is 5.11 Å². The van der Waals surface area contributed by atoms with Crippen molar-refractivity contribution in [2.75, 3.05) is 0 Å². The van der Waals surface area contributed by atoms with E-state index in [1.807, 2.05) is 6.07 Å². The number of pyridine rings is 1. The fourth-order valence-electron chi connectivity index (χ4n) is 1.25. The summed E-state index contributed by atoms with van der Waals surface area (Å²) in [5.74, 6) is 0.150. The molecule has 0 bridgehead atoms. The zero-order chi connectivity index (χ0) is 9.26. The Balaban J connectivity index is 2.89. The van der Waals surface area contributed by atoms with Gasteiger partial charge in [0.2, 0.25) is 0 Å². The van der Waals surface area contributed by atoms with Gasteiger partial charge in [-0.1, -0.05) is 6.07 Å². The molecule has 1 N–H and O–H groups in total. The molecule has 0 aliphatic heterocycles. The summed E-state index contributed by atoms with van der Waals surface area (Å²) < 4.78 is 0. The topological polar surface area (TPSA) is 56.9 Å². The minimum Gasteiger partial charge on any atom is -0.508 e. The first-order chi connectivity index (χ1) is 6.31. The molecular formula is C10H6N2O. The van der Waals surface area contributed by atoms with Crippen molar-refractivity contribution in [2.45, 2.75) is 0 Å². The van der Waals surface area contributed by atoms with Crippen LogP contribution in [0.5, 0.6) is 5.75 Å². The third-order valence-electron chi connectivity index (χ3n) is 1.86. The van der Waals surface area contributed by atoms with Crippen LogP contribution in [0.1, 0.15) is 5.69 Å². The van der Waals surface area contributed by atoms with Crippen LogP contribution in [-0.4, -0.2) is 10.1 Å². The van der Waals surface area contributed by atoms with Crippen molar-refractivity contribution >= 4 is 10.8 Å². The number of nitriles is 1. The average molecular weight is 170 g/mol. The number of benzene rings is 1. The number of hydrogen-bond acceptors (Lipinski definition) is 3. The molecule has 3 nitrogen and oxygen atoms in total.